The second-order valence-electron chi connectivity index (χ2n) is 5.12. The molecule has 2 aromatic carbocycles. The summed E-state index contributed by atoms with van der Waals surface area (Å²) in [7, 11) is 0. The lowest BCUT2D eigenvalue weighted by molar-refractivity contribution is 0.0996. The zero-order valence-corrected chi connectivity index (χ0v) is 12.5. The zero-order valence-electron chi connectivity index (χ0n) is 11.6. The Kier molecular flexibility index (Phi) is 3.41. The molecule has 100 valence electrons. The summed E-state index contributed by atoms with van der Waals surface area (Å²) < 4.78 is 1.18. The van der Waals surface area contributed by atoms with Crippen LogP contribution < -0.4 is 0 Å². The zero-order chi connectivity index (χ0) is 14.1. The normalized spacial score (nSPS) is 10.9. The maximum absolute atomic E-state index is 12.5. The lowest BCUT2D eigenvalue weighted by Crippen LogP contribution is -2.04. The molecule has 1 aromatic heterocycles. The van der Waals surface area contributed by atoms with Crippen molar-refractivity contribution in [1.82, 2.24) is 0 Å². The van der Waals surface area contributed by atoms with Crippen molar-refractivity contribution in [3.8, 4) is 0 Å². The highest BCUT2D eigenvalue weighted by atomic mass is 32.1. The number of aryl methyl sites for hydroxylation is 2. The molecule has 0 aliphatic heterocycles. The molecule has 0 saturated heterocycles. The molecule has 0 unspecified atom stereocenters. The van der Waals surface area contributed by atoms with Crippen molar-refractivity contribution >= 4 is 27.2 Å². The summed E-state index contributed by atoms with van der Waals surface area (Å²) in [6.45, 7) is 4.14. The number of benzene rings is 2. The van der Waals surface area contributed by atoms with E-state index in [2.05, 4.69) is 38.1 Å². The van der Waals surface area contributed by atoms with Gasteiger partial charge in [0.1, 0.15) is 0 Å². The van der Waals surface area contributed by atoms with Gasteiger partial charge in [0.15, 0.2) is 5.78 Å². The average molecular weight is 280 g/mol. The minimum Gasteiger partial charge on any atom is -0.293 e. The van der Waals surface area contributed by atoms with Crippen LogP contribution in [-0.2, 0) is 6.42 Å². The van der Waals surface area contributed by atoms with Crippen molar-refractivity contribution in [1.29, 1.82) is 0 Å². The molecule has 1 heterocycles. The summed E-state index contributed by atoms with van der Waals surface area (Å²) in [6.07, 6.45) is 0.491. The molecule has 0 fully saturated rings. The maximum atomic E-state index is 12.5. The number of rotatable bonds is 3. The lowest BCUT2D eigenvalue weighted by atomic mass is 9.98. The van der Waals surface area contributed by atoms with Crippen LogP contribution in [0.3, 0.4) is 0 Å². The molecule has 3 aromatic rings. The van der Waals surface area contributed by atoms with Gasteiger partial charge in [-0.2, -0.15) is 0 Å². The first kappa shape index (κ1) is 13.1. The Morgan fingerprint density at radius 2 is 1.70 bits per heavy atom. The third-order valence-corrected chi connectivity index (χ3v) is 4.84. The van der Waals surface area contributed by atoms with Crippen LogP contribution >= 0.6 is 11.3 Å². The topological polar surface area (TPSA) is 17.1 Å². The quantitative estimate of drug-likeness (QED) is 0.621. The second-order valence-corrected chi connectivity index (χ2v) is 6.20. The molecular weight excluding hydrogens is 264 g/mol. The number of hydrogen-bond donors (Lipinski definition) is 0. The van der Waals surface area contributed by atoms with Crippen LogP contribution in [0.5, 0.6) is 0 Å². The van der Waals surface area contributed by atoms with Gasteiger partial charge in [0.05, 0.1) is 4.88 Å². The molecule has 0 atom stereocenters. The van der Waals surface area contributed by atoms with E-state index >= 15 is 0 Å². The van der Waals surface area contributed by atoms with Crippen LogP contribution in [-0.4, -0.2) is 5.78 Å². The number of carbonyl (C=O) groups excluding carboxylic acids is 1. The molecule has 0 bridgehead atoms. The Morgan fingerprint density at radius 3 is 2.40 bits per heavy atom. The van der Waals surface area contributed by atoms with Gasteiger partial charge >= 0.3 is 0 Å². The molecule has 0 aliphatic carbocycles. The van der Waals surface area contributed by atoms with Crippen molar-refractivity contribution in [2.75, 3.05) is 0 Å². The Balaban J connectivity index is 1.93. The summed E-state index contributed by atoms with van der Waals surface area (Å²) >= 11 is 1.59. The van der Waals surface area contributed by atoms with Crippen molar-refractivity contribution in [3.05, 3.63) is 70.1 Å². The largest absolute Gasteiger partial charge is 0.293 e. The maximum Gasteiger partial charge on any atom is 0.177 e. The number of hydrogen-bond acceptors (Lipinski definition) is 2. The van der Waals surface area contributed by atoms with E-state index in [1.165, 1.54) is 15.8 Å². The Labute approximate surface area is 122 Å². The molecule has 0 spiro atoms. The van der Waals surface area contributed by atoms with Gasteiger partial charge in [-0.05, 0) is 48.1 Å². The predicted molar refractivity (Wildman–Crippen MR) is 85.8 cm³/mol. The lowest BCUT2D eigenvalue weighted by Gasteiger charge is -2.07. The summed E-state index contributed by atoms with van der Waals surface area (Å²) in [6, 6.07) is 16.3. The van der Waals surface area contributed by atoms with Gasteiger partial charge in [-0.1, -0.05) is 36.4 Å². The van der Waals surface area contributed by atoms with Crippen LogP contribution in [0.2, 0.25) is 0 Å². The van der Waals surface area contributed by atoms with Crippen LogP contribution in [0.15, 0.2) is 48.5 Å². The molecule has 20 heavy (non-hydrogen) atoms. The highest BCUT2D eigenvalue weighted by Gasteiger charge is 2.13. The van der Waals surface area contributed by atoms with Gasteiger partial charge in [-0.15, -0.1) is 11.3 Å². The van der Waals surface area contributed by atoms with E-state index in [4.69, 9.17) is 0 Å². The number of Topliss-reactive ketones (excluding diaryl/α,β-unsaturated/α-hetero) is 1. The van der Waals surface area contributed by atoms with Gasteiger partial charge in [-0.25, -0.2) is 0 Å². The van der Waals surface area contributed by atoms with Gasteiger partial charge in [0.2, 0.25) is 0 Å². The van der Waals surface area contributed by atoms with E-state index in [1.807, 2.05) is 24.3 Å². The SMILES string of the molecule is Cc1cccc(C)c1CC(=O)c1cc2ccccc2s1. The van der Waals surface area contributed by atoms with Crippen LogP contribution in [0, 0.1) is 13.8 Å². The van der Waals surface area contributed by atoms with Crippen molar-refractivity contribution in [2.24, 2.45) is 0 Å². The molecule has 0 amide bonds. The highest BCUT2D eigenvalue weighted by Crippen LogP contribution is 2.27. The standard InChI is InChI=1S/C18H16OS/c1-12-6-5-7-13(2)15(12)11-16(19)18-10-14-8-3-4-9-17(14)20-18/h3-10H,11H2,1-2H3. The van der Waals surface area contributed by atoms with E-state index in [0.717, 1.165) is 15.8 Å². The Hall–Kier alpha value is -1.93. The van der Waals surface area contributed by atoms with E-state index in [1.54, 1.807) is 11.3 Å². The molecule has 0 radical (unpaired) electrons. The van der Waals surface area contributed by atoms with E-state index < -0.39 is 0 Å². The first-order valence-corrected chi connectivity index (χ1v) is 7.53. The molecule has 0 saturated carbocycles. The second kappa shape index (κ2) is 5.22. The Morgan fingerprint density at radius 1 is 1.00 bits per heavy atom. The fraction of sp³-hybridized carbons (Fsp3) is 0.167. The van der Waals surface area contributed by atoms with Gasteiger partial charge in [-0.3, -0.25) is 4.79 Å². The van der Waals surface area contributed by atoms with E-state index in [9.17, 15) is 4.79 Å². The summed E-state index contributed by atoms with van der Waals surface area (Å²) in [4.78, 5) is 13.4. The smallest absolute Gasteiger partial charge is 0.177 e. The predicted octanol–water partition coefficient (Wildman–Crippen LogP) is 4.94. The highest BCUT2D eigenvalue weighted by molar-refractivity contribution is 7.20. The number of carbonyl (C=O) groups is 1. The summed E-state index contributed by atoms with van der Waals surface area (Å²) in [5.74, 6) is 0.212. The van der Waals surface area contributed by atoms with Crippen LogP contribution in [0.4, 0.5) is 0 Å². The number of fused-ring (bicyclic) bond motifs is 1. The van der Waals surface area contributed by atoms with E-state index in [0.29, 0.717) is 6.42 Å². The average Bonchev–Trinajstić information content (AvgIpc) is 2.87. The Bertz CT molecular complexity index is 730. The fourth-order valence-corrected chi connectivity index (χ4v) is 3.50. The van der Waals surface area contributed by atoms with E-state index in [-0.39, 0.29) is 5.78 Å². The van der Waals surface area contributed by atoms with Gasteiger partial charge < -0.3 is 0 Å². The third kappa shape index (κ3) is 2.39. The molecule has 1 nitrogen and oxygen atoms in total. The number of thiophene rings is 1. The molecule has 0 N–H and O–H groups in total. The summed E-state index contributed by atoms with van der Waals surface area (Å²) in [5, 5.41) is 1.15. The first-order chi connectivity index (χ1) is 9.65. The van der Waals surface area contributed by atoms with Crippen molar-refractivity contribution in [2.45, 2.75) is 20.3 Å². The molecule has 2 heteroatoms. The minimum atomic E-state index is 0.212. The summed E-state index contributed by atoms with van der Waals surface area (Å²) in [5.41, 5.74) is 3.55. The number of ketones is 1. The molecular formula is C18H16OS. The molecule has 3 rings (SSSR count). The minimum absolute atomic E-state index is 0.212. The van der Waals surface area contributed by atoms with Crippen molar-refractivity contribution in [3.63, 3.8) is 0 Å². The third-order valence-electron chi connectivity index (χ3n) is 3.68. The van der Waals surface area contributed by atoms with Crippen molar-refractivity contribution < 1.29 is 4.79 Å². The van der Waals surface area contributed by atoms with Gasteiger partial charge in [0, 0.05) is 11.1 Å². The van der Waals surface area contributed by atoms with Gasteiger partial charge in [0.25, 0.3) is 0 Å². The van der Waals surface area contributed by atoms with Crippen LogP contribution in [0.25, 0.3) is 10.1 Å². The van der Waals surface area contributed by atoms with Crippen LogP contribution in [0.1, 0.15) is 26.4 Å². The monoisotopic (exact) mass is 280 g/mol. The molecule has 0 aliphatic rings. The fourth-order valence-electron chi connectivity index (χ4n) is 2.49. The first-order valence-electron chi connectivity index (χ1n) is 6.72.